The molecule has 1 aliphatic heterocycles. The van der Waals surface area contributed by atoms with Gasteiger partial charge in [-0.1, -0.05) is 0 Å². The summed E-state index contributed by atoms with van der Waals surface area (Å²) in [5.41, 5.74) is 6.19. The van der Waals surface area contributed by atoms with Gasteiger partial charge in [0.1, 0.15) is 17.5 Å². The molecule has 0 spiro atoms. The number of amides is 2. The predicted molar refractivity (Wildman–Crippen MR) is 100 cm³/mol. The molecular weight excluding hydrogens is 362 g/mol. The van der Waals surface area contributed by atoms with Crippen molar-refractivity contribution < 1.29 is 23.8 Å². The molecule has 26 heavy (non-hydrogen) atoms. The van der Waals surface area contributed by atoms with Gasteiger partial charge in [-0.2, -0.15) is 0 Å². The second kappa shape index (κ2) is 10.2. The van der Waals surface area contributed by atoms with Crippen LogP contribution < -0.4 is 25.4 Å². The van der Waals surface area contributed by atoms with Crippen LogP contribution in [0.25, 0.3) is 0 Å². The Balaban J connectivity index is 0.00000338. The zero-order valence-electron chi connectivity index (χ0n) is 15.2. The maximum atomic E-state index is 12.6. The highest BCUT2D eigenvalue weighted by molar-refractivity contribution is 6.01. The molecule has 2 amide bonds. The molecule has 0 aromatic heterocycles. The van der Waals surface area contributed by atoms with E-state index in [2.05, 4.69) is 5.32 Å². The Morgan fingerprint density at radius 3 is 2.38 bits per heavy atom. The molecule has 3 N–H and O–H groups in total. The largest absolute Gasteiger partial charge is 0.497 e. The van der Waals surface area contributed by atoms with E-state index in [0.29, 0.717) is 30.2 Å². The fourth-order valence-corrected chi connectivity index (χ4v) is 2.74. The maximum Gasteiger partial charge on any atom is 0.249 e. The Hall–Kier alpha value is -2.03. The molecule has 0 saturated carbocycles. The number of hydrogen-bond acceptors (Lipinski definition) is 6. The number of nitrogens with one attached hydrogen (secondary N) is 1. The number of ether oxygens (including phenoxy) is 3. The van der Waals surface area contributed by atoms with Crippen molar-refractivity contribution in [1.82, 2.24) is 5.32 Å². The fraction of sp³-hybridized carbons (Fsp3) is 0.529. The number of rotatable bonds is 8. The Morgan fingerprint density at radius 1 is 1.27 bits per heavy atom. The third kappa shape index (κ3) is 5.23. The summed E-state index contributed by atoms with van der Waals surface area (Å²) in [6.45, 7) is 0.753. The number of benzene rings is 1. The summed E-state index contributed by atoms with van der Waals surface area (Å²) in [7, 11) is 4.61. The van der Waals surface area contributed by atoms with E-state index in [1.807, 2.05) is 0 Å². The number of carbonyl (C=O) groups excluding carboxylic acids is 2. The molecule has 2 atom stereocenters. The first kappa shape index (κ1) is 22.0. The van der Waals surface area contributed by atoms with Gasteiger partial charge < -0.3 is 30.2 Å². The van der Waals surface area contributed by atoms with Crippen LogP contribution in [0.3, 0.4) is 0 Å². The van der Waals surface area contributed by atoms with Crippen LogP contribution >= 0.6 is 12.4 Å². The van der Waals surface area contributed by atoms with Gasteiger partial charge in [-0.25, -0.2) is 0 Å². The summed E-state index contributed by atoms with van der Waals surface area (Å²) in [5.74, 6) is 0.784. The third-order valence-electron chi connectivity index (χ3n) is 4.20. The van der Waals surface area contributed by atoms with Crippen LogP contribution in [-0.2, 0) is 14.3 Å². The molecule has 2 unspecified atom stereocenters. The summed E-state index contributed by atoms with van der Waals surface area (Å²) in [6.07, 6.45) is 0.309. The lowest BCUT2D eigenvalue weighted by atomic mass is 10.2. The Morgan fingerprint density at radius 2 is 1.88 bits per heavy atom. The molecule has 0 radical (unpaired) electrons. The van der Waals surface area contributed by atoms with Crippen LogP contribution in [0.15, 0.2) is 18.2 Å². The highest BCUT2D eigenvalue weighted by Gasteiger charge is 2.34. The number of anilines is 1. The lowest BCUT2D eigenvalue weighted by molar-refractivity contribution is -0.128. The molecule has 2 rings (SSSR count). The summed E-state index contributed by atoms with van der Waals surface area (Å²) in [4.78, 5) is 26.3. The van der Waals surface area contributed by atoms with Crippen LogP contribution in [0.1, 0.15) is 12.8 Å². The smallest absolute Gasteiger partial charge is 0.249 e. The number of halogens is 1. The molecule has 1 saturated heterocycles. The molecule has 1 aromatic carbocycles. The first-order chi connectivity index (χ1) is 12.0. The van der Waals surface area contributed by atoms with Crippen molar-refractivity contribution in [2.45, 2.75) is 25.0 Å². The van der Waals surface area contributed by atoms with E-state index in [1.165, 1.54) is 7.11 Å². The van der Waals surface area contributed by atoms with Gasteiger partial charge in [0.05, 0.1) is 32.4 Å². The zero-order valence-corrected chi connectivity index (χ0v) is 16.0. The van der Waals surface area contributed by atoms with Gasteiger partial charge in [-0.05, 0) is 6.42 Å². The van der Waals surface area contributed by atoms with Crippen LogP contribution in [-0.4, -0.2) is 58.4 Å². The van der Waals surface area contributed by atoms with Gasteiger partial charge in [0.15, 0.2) is 0 Å². The monoisotopic (exact) mass is 387 g/mol. The topological polar surface area (TPSA) is 103 Å². The van der Waals surface area contributed by atoms with Crippen LogP contribution in [0.5, 0.6) is 11.5 Å². The maximum absolute atomic E-state index is 12.6. The van der Waals surface area contributed by atoms with E-state index in [0.717, 1.165) is 0 Å². The van der Waals surface area contributed by atoms with Crippen molar-refractivity contribution in [2.24, 2.45) is 5.73 Å². The van der Waals surface area contributed by atoms with E-state index < -0.39 is 6.04 Å². The molecular formula is C17H26ClN3O5. The number of hydrogen-bond donors (Lipinski definition) is 2. The molecule has 0 aliphatic carbocycles. The Bertz CT molecular complexity index is 602. The standard InChI is InChI=1S/C17H25N3O5.ClH/c1-23-12-6-11(7-13(8-12)24-2)20-5-4-15(17(20)22)19-16(21)9-14(10-18)25-3;/h6-8,14-15H,4-5,9-10,18H2,1-3H3,(H,19,21);1H. The molecule has 1 aliphatic rings. The van der Waals surface area contributed by atoms with E-state index >= 15 is 0 Å². The average Bonchev–Trinajstić information content (AvgIpc) is 2.99. The highest BCUT2D eigenvalue weighted by atomic mass is 35.5. The summed E-state index contributed by atoms with van der Waals surface area (Å²) in [6, 6.07) is 4.71. The summed E-state index contributed by atoms with van der Waals surface area (Å²) < 4.78 is 15.6. The second-order valence-corrected chi connectivity index (χ2v) is 5.77. The van der Waals surface area contributed by atoms with Crippen molar-refractivity contribution in [3.05, 3.63) is 18.2 Å². The van der Waals surface area contributed by atoms with Crippen molar-refractivity contribution in [2.75, 3.05) is 39.3 Å². The zero-order chi connectivity index (χ0) is 18.4. The van der Waals surface area contributed by atoms with Crippen LogP contribution in [0.2, 0.25) is 0 Å². The van der Waals surface area contributed by atoms with Gasteiger partial charge >= 0.3 is 0 Å². The average molecular weight is 388 g/mol. The first-order valence-electron chi connectivity index (χ1n) is 8.09. The number of nitrogens with zero attached hydrogens (tertiary/aromatic N) is 1. The van der Waals surface area contributed by atoms with Crippen LogP contribution in [0, 0.1) is 0 Å². The molecule has 1 aromatic rings. The Kier molecular flexibility index (Phi) is 8.64. The van der Waals surface area contributed by atoms with Crippen LogP contribution in [0.4, 0.5) is 5.69 Å². The SMILES string of the molecule is COc1cc(OC)cc(N2CCC(NC(=O)CC(CN)OC)C2=O)c1.Cl. The molecule has 0 bridgehead atoms. The van der Waals surface area contributed by atoms with Crippen molar-refractivity contribution in [3.8, 4) is 11.5 Å². The first-order valence-corrected chi connectivity index (χ1v) is 8.09. The molecule has 1 heterocycles. The number of methoxy groups -OCH3 is 3. The summed E-state index contributed by atoms with van der Waals surface area (Å²) in [5, 5.41) is 2.76. The number of nitrogens with two attached hydrogens (primary N) is 1. The van der Waals surface area contributed by atoms with Gasteiger partial charge in [0, 0.05) is 38.4 Å². The van der Waals surface area contributed by atoms with Gasteiger partial charge in [0.2, 0.25) is 11.8 Å². The van der Waals surface area contributed by atoms with E-state index in [9.17, 15) is 9.59 Å². The normalized spacial score (nSPS) is 17.5. The van der Waals surface area contributed by atoms with Crippen molar-refractivity contribution in [1.29, 1.82) is 0 Å². The van der Waals surface area contributed by atoms with E-state index in [-0.39, 0.29) is 43.3 Å². The Labute approximate surface area is 159 Å². The minimum absolute atomic E-state index is 0. The quantitative estimate of drug-likeness (QED) is 0.681. The number of carbonyl (C=O) groups is 2. The molecule has 9 heteroatoms. The molecule has 1 fully saturated rings. The lowest BCUT2D eigenvalue weighted by Crippen LogP contribution is -2.43. The fourth-order valence-electron chi connectivity index (χ4n) is 2.74. The van der Waals surface area contributed by atoms with Gasteiger partial charge in [-0.3, -0.25) is 9.59 Å². The van der Waals surface area contributed by atoms with Crippen molar-refractivity contribution in [3.63, 3.8) is 0 Å². The van der Waals surface area contributed by atoms with Crippen molar-refractivity contribution >= 4 is 29.9 Å². The van der Waals surface area contributed by atoms with Gasteiger partial charge in [-0.15, -0.1) is 12.4 Å². The predicted octanol–water partition coefficient (Wildman–Crippen LogP) is 0.711. The lowest BCUT2D eigenvalue weighted by Gasteiger charge is -2.19. The third-order valence-corrected chi connectivity index (χ3v) is 4.20. The molecule has 8 nitrogen and oxygen atoms in total. The second-order valence-electron chi connectivity index (χ2n) is 5.77. The van der Waals surface area contributed by atoms with Gasteiger partial charge in [0.25, 0.3) is 0 Å². The highest BCUT2D eigenvalue weighted by Crippen LogP contribution is 2.30. The summed E-state index contributed by atoms with van der Waals surface area (Å²) >= 11 is 0. The minimum atomic E-state index is -0.556. The van der Waals surface area contributed by atoms with E-state index in [1.54, 1.807) is 37.3 Å². The van der Waals surface area contributed by atoms with E-state index in [4.69, 9.17) is 19.9 Å². The molecule has 146 valence electrons. The minimum Gasteiger partial charge on any atom is -0.497 e.